The molecule has 3 atom stereocenters. The quantitative estimate of drug-likeness (QED) is 0.200. The van der Waals surface area contributed by atoms with E-state index in [1.807, 2.05) is 6.08 Å². The Labute approximate surface area is 165 Å². The molecule has 0 aromatic rings. The molecule has 1 N–H and O–H groups in total. The van der Waals surface area contributed by atoms with E-state index in [1.165, 1.54) is 25.7 Å². The molecule has 24 heavy (non-hydrogen) atoms. The number of halogens is 1. The number of allylic oxidation sites excluding steroid dienone is 1. The molecule has 3 unspecified atom stereocenters. The van der Waals surface area contributed by atoms with E-state index in [4.69, 9.17) is 9.73 Å². The highest BCUT2D eigenvalue weighted by Gasteiger charge is 2.59. The minimum Gasteiger partial charge on any atom is -0.377 e. The fourth-order valence-electron chi connectivity index (χ4n) is 4.10. The van der Waals surface area contributed by atoms with Crippen molar-refractivity contribution in [3.63, 3.8) is 0 Å². The van der Waals surface area contributed by atoms with Crippen LogP contribution < -0.4 is 5.32 Å². The van der Waals surface area contributed by atoms with Crippen LogP contribution in [0.15, 0.2) is 17.6 Å². The number of hydrogen-bond acceptors (Lipinski definition) is 2. The third kappa shape index (κ3) is 4.87. The summed E-state index contributed by atoms with van der Waals surface area (Å²) in [6, 6.07) is 0.475. The Balaban J connectivity index is 0.00000288. The van der Waals surface area contributed by atoms with E-state index in [1.54, 1.807) is 0 Å². The second kappa shape index (κ2) is 10.00. The van der Waals surface area contributed by atoms with Crippen LogP contribution >= 0.6 is 24.0 Å². The first-order chi connectivity index (χ1) is 11.0. The lowest BCUT2D eigenvalue weighted by molar-refractivity contribution is -0.107. The number of nitrogens with one attached hydrogen (secondary N) is 1. The third-order valence-corrected chi connectivity index (χ3v) is 5.46. The van der Waals surface area contributed by atoms with E-state index in [2.05, 4.69) is 44.6 Å². The maximum Gasteiger partial charge on any atom is 0.193 e. The van der Waals surface area contributed by atoms with Crippen LogP contribution in [0.25, 0.3) is 0 Å². The monoisotopic (exact) mass is 449 g/mol. The molecular weight excluding hydrogens is 413 g/mol. The highest BCUT2D eigenvalue weighted by Crippen LogP contribution is 2.52. The smallest absolute Gasteiger partial charge is 0.193 e. The zero-order valence-corrected chi connectivity index (χ0v) is 18.2. The molecule has 0 aromatic carbocycles. The predicted octanol–water partition coefficient (Wildman–Crippen LogP) is 4.06. The van der Waals surface area contributed by atoms with Crippen molar-refractivity contribution in [2.24, 2.45) is 16.3 Å². The first kappa shape index (κ1) is 21.7. The molecule has 1 saturated heterocycles. The standard InChI is InChI=1S/C19H35N3O.HI/c1-6-8-9-10-11-13-22(5)18(20-7-2)21-16-15-12-14-23-17(15)19(16,3)4;/h6,15-17H,1,7-14H2,2-5H3,(H,20,21);1H. The van der Waals surface area contributed by atoms with Crippen molar-refractivity contribution < 1.29 is 4.74 Å². The summed E-state index contributed by atoms with van der Waals surface area (Å²) >= 11 is 0. The SMILES string of the molecule is C=CCCCCCN(C)C(=NCC)NC1C2CCOC2C1(C)C.I. The Morgan fingerprint density at radius 3 is 2.79 bits per heavy atom. The lowest BCUT2D eigenvalue weighted by Gasteiger charge is -2.55. The molecule has 1 heterocycles. The number of ether oxygens (including phenoxy) is 1. The van der Waals surface area contributed by atoms with Crippen LogP contribution in [0.3, 0.4) is 0 Å². The highest BCUT2D eigenvalue weighted by molar-refractivity contribution is 14.0. The molecule has 4 nitrogen and oxygen atoms in total. The zero-order chi connectivity index (χ0) is 16.9. The molecule has 0 bridgehead atoms. The highest BCUT2D eigenvalue weighted by atomic mass is 127. The van der Waals surface area contributed by atoms with Crippen LogP contribution in [0, 0.1) is 11.3 Å². The van der Waals surface area contributed by atoms with Gasteiger partial charge in [0.05, 0.1) is 6.10 Å². The molecule has 1 aliphatic carbocycles. The van der Waals surface area contributed by atoms with Crippen LogP contribution in [-0.2, 0) is 4.74 Å². The lowest BCUT2D eigenvalue weighted by atomic mass is 9.57. The maximum absolute atomic E-state index is 5.90. The molecule has 5 heteroatoms. The topological polar surface area (TPSA) is 36.9 Å². The van der Waals surface area contributed by atoms with Gasteiger partial charge in [-0.05, 0) is 32.6 Å². The van der Waals surface area contributed by atoms with E-state index in [-0.39, 0.29) is 29.4 Å². The molecule has 2 rings (SSSR count). The normalized spacial score (nSPS) is 27.7. The van der Waals surface area contributed by atoms with Crippen LogP contribution in [0.5, 0.6) is 0 Å². The van der Waals surface area contributed by atoms with Crippen molar-refractivity contribution in [1.82, 2.24) is 10.2 Å². The minimum atomic E-state index is 0. The maximum atomic E-state index is 5.90. The summed E-state index contributed by atoms with van der Waals surface area (Å²) in [4.78, 5) is 7.00. The molecule has 0 spiro atoms. The average Bonchev–Trinajstić information content (AvgIpc) is 2.97. The van der Waals surface area contributed by atoms with Crippen molar-refractivity contribution in [3.05, 3.63) is 12.7 Å². The molecule has 1 aliphatic heterocycles. The van der Waals surface area contributed by atoms with Crippen molar-refractivity contribution in [3.8, 4) is 0 Å². The summed E-state index contributed by atoms with van der Waals surface area (Å²) in [6.45, 7) is 13.3. The fraction of sp³-hybridized carbons (Fsp3) is 0.842. The molecule has 1 saturated carbocycles. The first-order valence-corrected chi connectivity index (χ1v) is 9.27. The van der Waals surface area contributed by atoms with Crippen LogP contribution in [0.1, 0.15) is 52.9 Å². The predicted molar refractivity (Wildman–Crippen MR) is 113 cm³/mol. The van der Waals surface area contributed by atoms with Crippen LogP contribution in [0.2, 0.25) is 0 Å². The molecule has 2 fully saturated rings. The Kier molecular flexibility index (Phi) is 9.06. The Morgan fingerprint density at radius 1 is 1.38 bits per heavy atom. The van der Waals surface area contributed by atoms with E-state index < -0.39 is 0 Å². The van der Waals surface area contributed by atoms with Crippen molar-refractivity contribution in [2.75, 3.05) is 26.7 Å². The van der Waals surface area contributed by atoms with Gasteiger partial charge in [-0.15, -0.1) is 30.6 Å². The van der Waals surface area contributed by atoms with Crippen LogP contribution in [-0.4, -0.2) is 49.7 Å². The van der Waals surface area contributed by atoms with Gasteiger partial charge in [0, 0.05) is 44.1 Å². The van der Waals surface area contributed by atoms with Gasteiger partial charge in [0.2, 0.25) is 0 Å². The van der Waals surface area contributed by atoms with Gasteiger partial charge in [-0.25, -0.2) is 0 Å². The zero-order valence-electron chi connectivity index (χ0n) is 15.9. The number of guanidine groups is 1. The number of nitrogens with zero attached hydrogens (tertiary/aromatic N) is 2. The number of aliphatic imine (C=N–C) groups is 1. The molecule has 0 radical (unpaired) electrons. The summed E-state index contributed by atoms with van der Waals surface area (Å²) in [5.41, 5.74) is 0.195. The Bertz CT molecular complexity index is 425. The van der Waals surface area contributed by atoms with Gasteiger partial charge < -0.3 is 15.0 Å². The average molecular weight is 449 g/mol. The van der Waals surface area contributed by atoms with Crippen LogP contribution in [0.4, 0.5) is 0 Å². The Hall–Kier alpha value is -0.300. The minimum absolute atomic E-state index is 0. The summed E-state index contributed by atoms with van der Waals surface area (Å²) in [5.74, 6) is 1.70. The largest absolute Gasteiger partial charge is 0.377 e. The molecule has 140 valence electrons. The molecule has 0 amide bonds. The van der Waals surface area contributed by atoms with Gasteiger partial charge in [0.1, 0.15) is 0 Å². The van der Waals surface area contributed by atoms with Gasteiger partial charge in [-0.2, -0.15) is 0 Å². The van der Waals surface area contributed by atoms with E-state index in [0.717, 1.165) is 32.1 Å². The van der Waals surface area contributed by atoms with Crippen molar-refractivity contribution in [2.45, 2.75) is 65.0 Å². The van der Waals surface area contributed by atoms with Gasteiger partial charge in [-0.3, -0.25) is 4.99 Å². The summed E-state index contributed by atoms with van der Waals surface area (Å²) in [7, 11) is 2.16. The second-order valence-electron chi connectivity index (χ2n) is 7.54. The van der Waals surface area contributed by atoms with E-state index >= 15 is 0 Å². The number of unbranched alkanes of at least 4 members (excludes halogenated alkanes) is 3. The van der Waals surface area contributed by atoms with Crippen molar-refractivity contribution >= 4 is 29.9 Å². The molecular formula is C19H36IN3O. The van der Waals surface area contributed by atoms with E-state index in [9.17, 15) is 0 Å². The summed E-state index contributed by atoms with van der Waals surface area (Å²) in [6.07, 6.45) is 8.43. The summed E-state index contributed by atoms with van der Waals surface area (Å²) < 4.78 is 5.90. The Morgan fingerprint density at radius 2 is 2.12 bits per heavy atom. The van der Waals surface area contributed by atoms with Gasteiger partial charge in [0.25, 0.3) is 0 Å². The number of rotatable bonds is 8. The molecule has 2 aliphatic rings. The third-order valence-electron chi connectivity index (χ3n) is 5.46. The second-order valence-corrected chi connectivity index (χ2v) is 7.54. The fourth-order valence-corrected chi connectivity index (χ4v) is 4.10. The van der Waals surface area contributed by atoms with Crippen molar-refractivity contribution in [1.29, 1.82) is 0 Å². The number of fused-ring (bicyclic) bond motifs is 1. The van der Waals surface area contributed by atoms with Gasteiger partial charge in [0.15, 0.2) is 5.96 Å². The lowest BCUT2D eigenvalue weighted by Crippen LogP contribution is -2.68. The number of hydrogen-bond donors (Lipinski definition) is 1. The van der Waals surface area contributed by atoms with Gasteiger partial charge >= 0.3 is 0 Å². The van der Waals surface area contributed by atoms with E-state index in [0.29, 0.717) is 18.1 Å². The molecule has 0 aromatic heterocycles. The summed E-state index contributed by atoms with van der Waals surface area (Å²) in [5, 5.41) is 3.75. The van der Waals surface area contributed by atoms with Gasteiger partial charge in [-0.1, -0.05) is 26.3 Å². The first-order valence-electron chi connectivity index (χ1n) is 9.27.